The zero-order valence-corrected chi connectivity index (χ0v) is 14.6. The van der Waals surface area contributed by atoms with Crippen molar-refractivity contribution >= 4 is 23.0 Å². The molecule has 4 rings (SSSR count). The first-order valence-electron chi connectivity index (χ1n) is 9.34. The maximum Gasteiger partial charge on any atom is 0.298 e. The summed E-state index contributed by atoms with van der Waals surface area (Å²) in [5.41, 5.74) is 7.45. The highest BCUT2D eigenvalue weighted by Crippen LogP contribution is 2.28. The molecule has 0 unspecified atom stereocenters. The third-order valence-electron chi connectivity index (χ3n) is 5.66. The van der Waals surface area contributed by atoms with Crippen LogP contribution < -0.4 is 10.6 Å². The average Bonchev–Trinajstić information content (AvgIpc) is 3.12. The predicted octanol–water partition coefficient (Wildman–Crippen LogP) is 2.24. The minimum Gasteiger partial charge on any atom is -0.423 e. The lowest BCUT2D eigenvalue weighted by Gasteiger charge is -2.36. The van der Waals surface area contributed by atoms with Gasteiger partial charge in [-0.2, -0.15) is 4.98 Å². The van der Waals surface area contributed by atoms with Crippen LogP contribution in [0.2, 0.25) is 0 Å². The number of rotatable bonds is 3. The normalized spacial score (nSPS) is 20.4. The number of hydrogen-bond acceptors (Lipinski definition) is 5. The molecule has 6 nitrogen and oxygen atoms in total. The van der Waals surface area contributed by atoms with Crippen molar-refractivity contribution in [1.29, 1.82) is 0 Å². The summed E-state index contributed by atoms with van der Waals surface area (Å²) in [5.74, 6) is 1.05. The van der Waals surface area contributed by atoms with E-state index in [0.29, 0.717) is 17.8 Å². The summed E-state index contributed by atoms with van der Waals surface area (Å²) in [6.07, 6.45) is 3.83. The number of carbonyl (C=O) groups excluding carboxylic acids is 1. The van der Waals surface area contributed by atoms with Crippen LogP contribution in [-0.2, 0) is 4.79 Å². The summed E-state index contributed by atoms with van der Waals surface area (Å²) in [4.78, 5) is 21.5. The Morgan fingerprint density at radius 1 is 1.12 bits per heavy atom. The molecule has 134 valence electrons. The van der Waals surface area contributed by atoms with Crippen LogP contribution >= 0.6 is 0 Å². The van der Waals surface area contributed by atoms with Crippen LogP contribution in [0.4, 0.5) is 6.01 Å². The van der Waals surface area contributed by atoms with Gasteiger partial charge in [0.1, 0.15) is 5.52 Å². The lowest BCUT2D eigenvalue weighted by atomic mass is 9.92. The van der Waals surface area contributed by atoms with Gasteiger partial charge in [0.2, 0.25) is 5.91 Å². The largest absolute Gasteiger partial charge is 0.423 e. The van der Waals surface area contributed by atoms with Gasteiger partial charge in [-0.1, -0.05) is 12.1 Å². The maximum atomic E-state index is 12.8. The van der Waals surface area contributed by atoms with Crippen molar-refractivity contribution in [2.24, 2.45) is 17.6 Å². The van der Waals surface area contributed by atoms with E-state index in [1.807, 2.05) is 29.2 Å². The zero-order valence-electron chi connectivity index (χ0n) is 14.6. The topological polar surface area (TPSA) is 75.6 Å². The molecule has 0 saturated carbocycles. The van der Waals surface area contributed by atoms with E-state index in [1.165, 1.54) is 0 Å². The quantitative estimate of drug-likeness (QED) is 0.926. The maximum absolute atomic E-state index is 12.8. The molecule has 0 aliphatic carbocycles. The number of fused-ring (bicyclic) bond motifs is 1. The summed E-state index contributed by atoms with van der Waals surface area (Å²) in [6.45, 7) is 4.12. The monoisotopic (exact) mass is 342 g/mol. The second-order valence-electron chi connectivity index (χ2n) is 7.23. The predicted molar refractivity (Wildman–Crippen MR) is 97.3 cm³/mol. The third-order valence-corrected chi connectivity index (χ3v) is 5.66. The Morgan fingerprint density at radius 3 is 2.52 bits per heavy atom. The fourth-order valence-electron chi connectivity index (χ4n) is 3.96. The van der Waals surface area contributed by atoms with Crippen molar-refractivity contribution in [1.82, 2.24) is 9.88 Å². The van der Waals surface area contributed by atoms with E-state index in [1.54, 1.807) is 0 Å². The smallest absolute Gasteiger partial charge is 0.298 e. The van der Waals surface area contributed by atoms with E-state index in [9.17, 15) is 4.79 Å². The van der Waals surface area contributed by atoms with Gasteiger partial charge in [0.05, 0.1) is 0 Å². The first-order chi connectivity index (χ1) is 12.2. The lowest BCUT2D eigenvalue weighted by Crippen LogP contribution is -2.46. The second-order valence-corrected chi connectivity index (χ2v) is 7.23. The van der Waals surface area contributed by atoms with Crippen LogP contribution in [-0.4, -0.2) is 48.5 Å². The molecule has 1 amide bonds. The molecule has 25 heavy (non-hydrogen) atoms. The Balaban J connectivity index is 1.34. The first-order valence-corrected chi connectivity index (χ1v) is 9.34. The number of oxazole rings is 1. The number of benzene rings is 1. The summed E-state index contributed by atoms with van der Waals surface area (Å²) < 4.78 is 5.85. The van der Waals surface area contributed by atoms with Gasteiger partial charge < -0.3 is 20.0 Å². The van der Waals surface area contributed by atoms with Crippen LogP contribution in [0, 0.1) is 11.8 Å². The number of para-hydroxylation sites is 2. The van der Waals surface area contributed by atoms with Crippen molar-refractivity contribution in [3.8, 4) is 0 Å². The standard InChI is InChI=1S/C19H26N4O2/c20-13-14-5-9-22(10-6-14)18(24)15-7-11-23(12-8-15)19-21-16-3-1-2-4-17(16)25-19/h1-4,14-15H,5-13,20H2. The van der Waals surface area contributed by atoms with Gasteiger partial charge in [-0.25, -0.2) is 0 Å². The van der Waals surface area contributed by atoms with E-state index in [0.717, 1.165) is 69.5 Å². The third kappa shape index (κ3) is 3.35. The van der Waals surface area contributed by atoms with Crippen LogP contribution in [0.15, 0.2) is 28.7 Å². The Morgan fingerprint density at radius 2 is 1.84 bits per heavy atom. The first kappa shape index (κ1) is 16.4. The number of amides is 1. The fourth-order valence-corrected chi connectivity index (χ4v) is 3.96. The number of nitrogens with zero attached hydrogens (tertiary/aromatic N) is 3. The molecular formula is C19H26N4O2. The van der Waals surface area contributed by atoms with E-state index in [4.69, 9.17) is 10.2 Å². The minimum absolute atomic E-state index is 0.134. The Bertz CT molecular complexity index is 695. The van der Waals surface area contributed by atoms with Gasteiger partial charge in [0.25, 0.3) is 6.01 Å². The lowest BCUT2D eigenvalue weighted by molar-refractivity contribution is -0.137. The number of hydrogen-bond donors (Lipinski definition) is 1. The molecule has 2 saturated heterocycles. The molecule has 0 bridgehead atoms. The Kier molecular flexibility index (Phi) is 4.61. The molecular weight excluding hydrogens is 316 g/mol. The number of carbonyl (C=O) groups is 1. The SMILES string of the molecule is NCC1CCN(C(=O)C2CCN(c3nc4ccccc4o3)CC2)CC1. The van der Waals surface area contributed by atoms with Gasteiger partial charge in [0, 0.05) is 32.1 Å². The molecule has 2 N–H and O–H groups in total. The number of likely N-dealkylation sites (tertiary alicyclic amines) is 1. The molecule has 0 radical (unpaired) electrons. The van der Waals surface area contributed by atoms with Gasteiger partial charge in [-0.05, 0) is 50.3 Å². The summed E-state index contributed by atoms with van der Waals surface area (Å²) >= 11 is 0. The molecule has 2 aliphatic rings. The van der Waals surface area contributed by atoms with Crippen molar-refractivity contribution in [2.75, 3.05) is 37.6 Å². The van der Waals surface area contributed by atoms with E-state index < -0.39 is 0 Å². The molecule has 2 aliphatic heterocycles. The van der Waals surface area contributed by atoms with Crippen molar-refractivity contribution in [2.45, 2.75) is 25.7 Å². The van der Waals surface area contributed by atoms with E-state index in [-0.39, 0.29) is 5.92 Å². The van der Waals surface area contributed by atoms with Gasteiger partial charge in [0.15, 0.2) is 5.58 Å². The molecule has 1 aromatic heterocycles. The molecule has 2 aromatic rings. The Labute approximate surface area is 148 Å². The van der Waals surface area contributed by atoms with Crippen molar-refractivity contribution < 1.29 is 9.21 Å². The number of aromatic nitrogens is 1. The van der Waals surface area contributed by atoms with Gasteiger partial charge in [-0.3, -0.25) is 4.79 Å². The van der Waals surface area contributed by atoms with Crippen molar-refractivity contribution in [3.05, 3.63) is 24.3 Å². The molecule has 3 heterocycles. The van der Waals surface area contributed by atoms with Crippen LogP contribution in [0.5, 0.6) is 0 Å². The fraction of sp³-hybridized carbons (Fsp3) is 0.579. The highest BCUT2D eigenvalue weighted by molar-refractivity contribution is 5.79. The summed E-state index contributed by atoms with van der Waals surface area (Å²) in [7, 11) is 0. The highest BCUT2D eigenvalue weighted by Gasteiger charge is 2.31. The molecule has 1 aromatic carbocycles. The summed E-state index contributed by atoms with van der Waals surface area (Å²) in [6, 6.07) is 8.50. The van der Waals surface area contributed by atoms with Crippen LogP contribution in [0.1, 0.15) is 25.7 Å². The second kappa shape index (κ2) is 7.04. The van der Waals surface area contributed by atoms with Crippen LogP contribution in [0.25, 0.3) is 11.1 Å². The molecule has 0 atom stereocenters. The van der Waals surface area contributed by atoms with E-state index >= 15 is 0 Å². The molecule has 2 fully saturated rings. The van der Waals surface area contributed by atoms with Gasteiger partial charge >= 0.3 is 0 Å². The van der Waals surface area contributed by atoms with Crippen LogP contribution in [0.3, 0.4) is 0 Å². The van der Waals surface area contributed by atoms with Gasteiger partial charge in [-0.15, -0.1) is 0 Å². The molecule has 0 spiro atoms. The summed E-state index contributed by atoms with van der Waals surface area (Å²) in [5, 5.41) is 0. The van der Waals surface area contributed by atoms with Crippen molar-refractivity contribution in [3.63, 3.8) is 0 Å². The number of anilines is 1. The van der Waals surface area contributed by atoms with E-state index in [2.05, 4.69) is 9.88 Å². The zero-order chi connectivity index (χ0) is 17.2. The minimum atomic E-state index is 0.134. The average molecular weight is 342 g/mol. The number of nitrogens with two attached hydrogens (primary N) is 1. The Hall–Kier alpha value is -2.08. The highest BCUT2D eigenvalue weighted by atomic mass is 16.4. The number of piperidine rings is 2. The molecule has 6 heteroatoms.